The highest BCUT2D eigenvalue weighted by atomic mass is 16.3. The van der Waals surface area contributed by atoms with Crippen LogP contribution in [0.4, 0.5) is 0 Å². The number of hydrogen-bond donors (Lipinski definition) is 4. The molecular formula is C30H24N6O4. The van der Waals surface area contributed by atoms with Crippen LogP contribution in [0.15, 0.2) is 122 Å². The zero-order valence-electron chi connectivity index (χ0n) is 21.0. The first-order valence-electron chi connectivity index (χ1n) is 11.9. The lowest BCUT2D eigenvalue weighted by Crippen LogP contribution is -1.85. The van der Waals surface area contributed by atoms with E-state index in [2.05, 4.69) is 29.9 Å². The topological polar surface area (TPSA) is 158 Å². The van der Waals surface area contributed by atoms with Gasteiger partial charge in [-0.2, -0.15) is 0 Å². The molecule has 10 nitrogen and oxygen atoms in total. The van der Waals surface area contributed by atoms with Crippen LogP contribution in [0, 0.1) is 0 Å². The van der Waals surface area contributed by atoms with Crippen LogP contribution in [-0.2, 0) is 0 Å². The minimum Gasteiger partial charge on any atom is -0.508 e. The van der Waals surface area contributed by atoms with E-state index in [-0.39, 0.29) is 23.0 Å². The zero-order valence-corrected chi connectivity index (χ0v) is 21.0. The highest BCUT2D eigenvalue weighted by Gasteiger charge is 2.03. The van der Waals surface area contributed by atoms with E-state index in [4.69, 9.17) is 0 Å². The molecule has 0 unspecified atom stereocenters. The quantitative estimate of drug-likeness (QED) is 0.237. The number of rotatable bonds is 3. The monoisotopic (exact) mass is 532 g/mol. The molecule has 0 aliphatic rings. The van der Waals surface area contributed by atoms with Crippen molar-refractivity contribution in [2.75, 3.05) is 0 Å². The Morgan fingerprint density at radius 3 is 0.800 bits per heavy atom. The van der Waals surface area contributed by atoms with Gasteiger partial charge in [-0.1, -0.05) is 12.1 Å². The smallest absolute Gasteiger partial charge is 0.119 e. The van der Waals surface area contributed by atoms with E-state index >= 15 is 0 Å². The molecule has 0 fully saturated rings. The fraction of sp³-hybridized carbons (Fsp3) is 0. The number of aromatic nitrogens is 6. The van der Waals surface area contributed by atoms with Gasteiger partial charge in [-0.25, -0.2) is 0 Å². The Balaban J connectivity index is 0.000000139. The van der Waals surface area contributed by atoms with Gasteiger partial charge in [0.25, 0.3) is 0 Å². The van der Waals surface area contributed by atoms with E-state index in [1.165, 1.54) is 73.3 Å². The second-order valence-electron chi connectivity index (χ2n) is 8.03. The lowest BCUT2D eigenvalue weighted by Gasteiger charge is -2.00. The molecule has 0 spiro atoms. The first-order valence-corrected chi connectivity index (χ1v) is 11.9. The van der Waals surface area contributed by atoms with E-state index in [1.54, 1.807) is 12.4 Å². The van der Waals surface area contributed by atoms with Crippen molar-refractivity contribution in [3.8, 4) is 57.2 Å². The summed E-state index contributed by atoms with van der Waals surface area (Å²) in [5.41, 5.74) is 3.94. The first kappa shape index (κ1) is 27.1. The van der Waals surface area contributed by atoms with Gasteiger partial charge in [-0.05, 0) is 48.5 Å². The van der Waals surface area contributed by atoms with Gasteiger partial charge < -0.3 is 20.4 Å². The maximum atomic E-state index is 9.21. The lowest BCUT2D eigenvalue weighted by atomic mass is 10.2. The van der Waals surface area contributed by atoms with Crippen LogP contribution in [0.25, 0.3) is 34.2 Å². The van der Waals surface area contributed by atoms with Crippen LogP contribution in [0.1, 0.15) is 0 Å². The van der Waals surface area contributed by atoms with Crippen LogP contribution in [0.3, 0.4) is 0 Å². The molecule has 4 N–H and O–H groups in total. The van der Waals surface area contributed by atoms with Crippen molar-refractivity contribution in [1.29, 1.82) is 0 Å². The van der Waals surface area contributed by atoms with Gasteiger partial charge in [0.2, 0.25) is 0 Å². The highest BCUT2D eigenvalue weighted by molar-refractivity contribution is 5.58. The van der Waals surface area contributed by atoms with Crippen molar-refractivity contribution in [3.05, 3.63) is 122 Å². The van der Waals surface area contributed by atoms with E-state index < -0.39 is 0 Å². The fourth-order valence-electron chi connectivity index (χ4n) is 3.27. The van der Waals surface area contributed by atoms with Crippen LogP contribution < -0.4 is 0 Å². The van der Waals surface area contributed by atoms with E-state index in [9.17, 15) is 20.4 Å². The molecule has 0 amide bonds. The number of aromatic hydroxyl groups is 4. The number of pyridine rings is 6. The predicted octanol–water partition coefficient (Wildman–Crippen LogP) is 5.25. The Morgan fingerprint density at radius 2 is 0.575 bits per heavy atom. The maximum Gasteiger partial charge on any atom is 0.119 e. The van der Waals surface area contributed by atoms with E-state index in [0.29, 0.717) is 22.8 Å². The Kier molecular flexibility index (Phi) is 9.22. The second kappa shape index (κ2) is 13.6. The lowest BCUT2D eigenvalue weighted by molar-refractivity contribution is 0.473. The Bertz CT molecular complexity index is 1440. The largest absolute Gasteiger partial charge is 0.508 e. The van der Waals surface area contributed by atoms with Gasteiger partial charge in [0.1, 0.15) is 23.0 Å². The van der Waals surface area contributed by atoms with Crippen LogP contribution in [-0.4, -0.2) is 50.3 Å². The molecule has 0 atom stereocenters. The Labute approximate surface area is 229 Å². The van der Waals surface area contributed by atoms with Gasteiger partial charge in [0.05, 0.1) is 34.2 Å². The summed E-state index contributed by atoms with van der Waals surface area (Å²) in [5.74, 6) is 0.501. The Hall–Kier alpha value is -5.90. The molecule has 6 aromatic heterocycles. The Morgan fingerprint density at radius 1 is 0.300 bits per heavy atom. The summed E-state index contributed by atoms with van der Waals surface area (Å²) >= 11 is 0. The van der Waals surface area contributed by atoms with Gasteiger partial charge in [-0.3, -0.25) is 29.9 Å². The summed E-state index contributed by atoms with van der Waals surface area (Å²) in [5, 5.41) is 36.9. The molecule has 0 aliphatic heterocycles. The van der Waals surface area contributed by atoms with Crippen molar-refractivity contribution in [2.24, 2.45) is 0 Å². The molecule has 0 saturated heterocycles. The van der Waals surface area contributed by atoms with E-state index in [0.717, 1.165) is 11.4 Å². The summed E-state index contributed by atoms with van der Waals surface area (Å²) in [4.78, 5) is 24.4. The molecular weight excluding hydrogens is 508 g/mol. The van der Waals surface area contributed by atoms with Crippen molar-refractivity contribution in [2.45, 2.75) is 0 Å². The highest BCUT2D eigenvalue weighted by Crippen LogP contribution is 2.22. The third-order valence-electron chi connectivity index (χ3n) is 5.09. The van der Waals surface area contributed by atoms with Crippen LogP contribution >= 0.6 is 0 Å². The van der Waals surface area contributed by atoms with Gasteiger partial charge in [0.15, 0.2) is 0 Å². The minimum absolute atomic E-state index is 0.125. The molecule has 198 valence electrons. The van der Waals surface area contributed by atoms with Gasteiger partial charge in [0, 0.05) is 61.4 Å². The molecule has 0 aromatic carbocycles. The zero-order chi connectivity index (χ0) is 28.2. The average molecular weight is 533 g/mol. The van der Waals surface area contributed by atoms with Gasteiger partial charge in [-0.15, -0.1) is 0 Å². The maximum absolute atomic E-state index is 9.21. The minimum atomic E-state index is 0.125. The van der Waals surface area contributed by atoms with Crippen molar-refractivity contribution in [3.63, 3.8) is 0 Å². The normalized spacial score (nSPS) is 9.90. The molecule has 6 heterocycles. The molecule has 40 heavy (non-hydrogen) atoms. The summed E-state index contributed by atoms with van der Waals surface area (Å²) < 4.78 is 0. The van der Waals surface area contributed by atoms with Crippen molar-refractivity contribution < 1.29 is 20.4 Å². The molecule has 0 bridgehead atoms. The van der Waals surface area contributed by atoms with Crippen molar-refractivity contribution in [1.82, 2.24) is 29.9 Å². The third kappa shape index (κ3) is 8.05. The van der Waals surface area contributed by atoms with Gasteiger partial charge >= 0.3 is 0 Å². The molecule has 10 heteroatoms. The SMILES string of the molecule is Oc1ccnc(-c2cc(O)ccn2)c1.Oc1ccnc(-c2cc(O)ccn2)c1.c1ccc(-c2ccccn2)nc1. The molecule has 0 radical (unpaired) electrons. The van der Waals surface area contributed by atoms with Crippen LogP contribution in [0.2, 0.25) is 0 Å². The predicted molar refractivity (Wildman–Crippen MR) is 149 cm³/mol. The fourth-order valence-corrected chi connectivity index (χ4v) is 3.27. The number of hydrogen-bond acceptors (Lipinski definition) is 10. The molecule has 0 saturated carbocycles. The molecule has 6 aromatic rings. The molecule has 6 rings (SSSR count). The average Bonchev–Trinajstić information content (AvgIpc) is 2.99. The summed E-state index contributed by atoms with van der Waals surface area (Å²) in [6.45, 7) is 0. The summed E-state index contributed by atoms with van der Waals surface area (Å²) in [6.07, 6.45) is 9.47. The molecule has 0 aliphatic carbocycles. The third-order valence-corrected chi connectivity index (χ3v) is 5.09. The standard InChI is InChI=1S/2C10H8N2O2.C10H8N2/c2*13-7-1-3-11-9(5-7)10-6-8(14)2-4-12-10;1-3-7-11-9(5-1)10-6-2-4-8-12-10/h2*1-6H,(H,11,13)(H,12,14);1-8H. The van der Waals surface area contributed by atoms with Crippen molar-refractivity contribution >= 4 is 0 Å². The first-order chi connectivity index (χ1) is 19.5. The summed E-state index contributed by atoms with van der Waals surface area (Å²) in [6, 6.07) is 23.5. The van der Waals surface area contributed by atoms with E-state index in [1.807, 2.05) is 36.4 Å². The van der Waals surface area contributed by atoms with Crippen LogP contribution in [0.5, 0.6) is 23.0 Å². The number of nitrogens with zero attached hydrogens (tertiary/aromatic N) is 6. The second-order valence-corrected chi connectivity index (χ2v) is 8.03. The summed E-state index contributed by atoms with van der Waals surface area (Å²) in [7, 11) is 0.